The van der Waals surface area contributed by atoms with Gasteiger partial charge in [0, 0.05) is 12.4 Å². The van der Waals surface area contributed by atoms with Gasteiger partial charge in [-0.05, 0) is 23.0 Å². The molecule has 0 spiro atoms. The number of sulfonamides is 1. The summed E-state index contributed by atoms with van der Waals surface area (Å²) in [6.45, 7) is 0. The van der Waals surface area contributed by atoms with Gasteiger partial charge in [0.1, 0.15) is 0 Å². The van der Waals surface area contributed by atoms with E-state index in [9.17, 15) is 18.5 Å². The molecule has 1 unspecified atom stereocenters. The highest BCUT2D eigenvalue weighted by Gasteiger charge is 2.32. The molecule has 2 heterocycles. The van der Waals surface area contributed by atoms with Gasteiger partial charge in [-0.15, -0.1) is 5.10 Å². The van der Waals surface area contributed by atoms with Crippen molar-refractivity contribution in [2.24, 2.45) is 4.99 Å². The quantitative estimate of drug-likeness (QED) is 0.553. The van der Waals surface area contributed by atoms with Gasteiger partial charge >= 0.3 is 10.0 Å². The van der Waals surface area contributed by atoms with Crippen LogP contribution in [0.3, 0.4) is 0 Å². The summed E-state index contributed by atoms with van der Waals surface area (Å²) < 4.78 is 25.4. The predicted octanol–water partition coefficient (Wildman–Crippen LogP) is 0.197. The largest absolute Gasteiger partial charge is 0.348 e. The van der Waals surface area contributed by atoms with Gasteiger partial charge < -0.3 is 0 Å². The third kappa shape index (κ3) is 3.38. The van der Waals surface area contributed by atoms with Gasteiger partial charge in [0.15, 0.2) is 10.9 Å². The summed E-state index contributed by atoms with van der Waals surface area (Å²) in [5, 5.41) is 13.8. The number of hydrogen-bond acceptors (Lipinski definition) is 9. The number of nitrogens with one attached hydrogen (secondary N) is 1. The first-order valence-corrected chi connectivity index (χ1v) is 8.62. The van der Waals surface area contributed by atoms with Crippen molar-refractivity contribution in [1.29, 1.82) is 0 Å². The highest BCUT2D eigenvalue weighted by molar-refractivity contribution is 7.89. The van der Waals surface area contributed by atoms with Crippen LogP contribution in [-0.4, -0.2) is 46.6 Å². The van der Waals surface area contributed by atoms with Crippen molar-refractivity contribution in [3.63, 3.8) is 0 Å². The van der Waals surface area contributed by atoms with E-state index in [1.54, 1.807) is 42.6 Å². The number of allylic oxidation sites excluding steroid dienone is 1. The molecule has 1 aliphatic rings. The molecule has 1 aliphatic heterocycles. The minimum Gasteiger partial charge on any atom is -0.275 e. The van der Waals surface area contributed by atoms with Crippen molar-refractivity contribution in [2.75, 3.05) is 7.11 Å². The van der Waals surface area contributed by atoms with Crippen molar-refractivity contribution >= 4 is 16.2 Å². The molecule has 0 aliphatic carbocycles. The van der Waals surface area contributed by atoms with E-state index in [-0.39, 0.29) is 5.82 Å². The molecule has 1 atom stereocenters. The molecule has 0 fully saturated rings. The molecule has 13 heteroatoms. The van der Waals surface area contributed by atoms with Crippen LogP contribution in [0.1, 0.15) is 12.0 Å². The summed E-state index contributed by atoms with van der Waals surface area (Å²) in [4.78, 5) is 25.1. The van der Waals surface area contributed by atoms with Crippen molar-refractivity contribution < 1.29 is 18.3 Å². The van der Waals surface area contributed by atoms with Crippen LogP contribution in [0.4, 0.5) is 0 Å². The number of aromatic nitrogens is 3. The first-order chi connectivity index (χ1) is 12.4. The first kappa shape index (κ1) is 17.5. The van der Waals surface area contributed by atoms with Crippen LogP contribution in [0.25, 0.3) is 5.69 Å². The van der Waals surface area contributed by atoms with Gasteiger partial charge in [-0.1, -0.05) is 18.2 Å². The third-order valence-electron chi connectivity index (χ3n) is 3.28. The van der Waals surface area contributed by atoms with Crippen LogP contribution in [0, 0.1) is 10.1 Å². The van der Waals surface area contributed by atoms with Gasteiger partial charge in [0.2, 0.25) is 6.17 Å². The zero-order chi connectivity index (χ0) is 18.7. The Balaban J connectivity index is 2.14. The van der Waals surface area contributed by atoms with Crippen LogP contribution in [0.2, 0.25) is 0 Å². The second kappa shape index (κ2) is 6.89. The normalized spacial score (nSPS) is 16.7. The summed E-state index contributed by atoms with van der Waals surface area (Å²) in [5.74, 6) is 0.0994. The molecule has 0 bridgehead atoms. The monoisotopic (exact) mass is 379 g/mol. The zero-order valence-electron chi connectivity index (χ0n) is 13.3. The molecule has 26 heavy (non-hydrogen) atoms. The maximum atomic E-state index is 12.1. The molecule has 3 rings (SSSR count). The van der Waals surface area contributed by atoms with E-state index in [0.29, 0.717) is 5.69 Å². The molecular weight excluding hydrogens is 366 g/mol. The summed E-state index contributed by atoms with van der Waals surface area (Å²) in [5.41, 5.74) is 0.498. The summed E-state index contributed by atoms with van der Waals surface area (Å²) in [6.07, 6.45) is 3.85. The van der Waals surface area contributed by atoms with E-state index in [2.05, 4.69) is 15.1 Å². The number of hydrazine groups is 1. The Bertz CT molecular complexity index is 970. The van der Waals surface area contributed by atoms with Gasteiger partial charge in [0.05, 0.1) is 12.8 Å². The SMILES string of the molecule is CON1C=CC=NC1c1nc(S(=O)(=O)N[N+](=O)[O-])nn1-c1ccccc1. The van der Waals surface area contributed by atoms with Gasteiger partial charge in [-0.2, -0.15) is 13.4 Å². The van der Waals surface area contributed by atoms with Crippen molar-refractivity contribution in [3.05, 3.63) is 58.5 Å². The fourth-order valence-electron chi connectivity index (χ4n) is 2.23. The summed E-state index contributed by atoms with van der Waals surface area (Å²) in [7, 11) is -3.14. The van der Waals surface area contributed by atoms with E-state index < -0.39 is 26.4 Å². The molecule has 1 aromatic heterocycles. The zero-order valence-corrected chi connectivity index (χ0v) is 14.1. The lowest BCUT2D eigenvalue weighted by atomic mass is 10.3. The fraction of sp³-hybridized carbons (Fsp3) is 0.154. The number of benzene rings is 1. The molecule has 1 aromatic carbocycles. The van der Waals surface area contributed by atoms with Crippen LogP contribution < -0.4 is 4.83 Å². The smallest absolute Gasteiger partial charge is 0.275 e. The second-order valence-electron chi connectivity index (χ2n) is 4.91. The predicted molar refractivity (Wildman–Crippen MR) is 87.9 cm³/mol. The molecule has 1 N–H and O–H groups in total. The Morgan fingerprint density at radius 1 is 1.31 bits per heavy atom. The van der Waals surface area contributed by atoms with Gasteiger partial charge in [-0.25, -0.2) is 19.9 Å². The topological polar surface area (TPSA) is 145 Å². The lowest BCUT2D eigenvalue weighted by Crippen LogP contribution is -2.30. The van der Waals surface area contributed by atoms with Crippen molar-refractivity contribution in [2.45, 2.75) is 11.3 Å². The Kier molecular flexibility index (Phi) is 4.64. The highest BCUT2D eigenvalue weighted by atomic mass is 32.2. The Morgan fingerprint density at radius 3 is 2.69 bits per heavy atom. The Labute approximate surface area is 147 Å². The Morgan fingerprint density at radius 2 is 2.04 bits per heavy atom. The fourth-order valence-corrected chi connectivity index (χ4v) is 2.91. The lowest BCUT2D eigenvalue weighted by Gasteiger charge is -2.26. The van der Waals surface area contributed by atoms with E-state index in [1.165, 1.54) is 27.9 Å². The molecule has 0 saturated carbocycles. The number of para-hydroxylation sites is 1. The first-order valence-electron chi connectivity index (χ1n) is 7.14. The van der Waals surface area contributed by atoms with E-state index >= 15 is 0 Å². The third-order valence-corrected chi connectivity index (χ3v) is 4.32. The van der Waals surface area contributed by atoms with E-state index in [4.69, 9.17) is 4.84 Å². The van der Waals surface area contributed by atoms with Crippen LogP contribution in [-0.2, 0) is 14.9 Å². The van der Waals surface area contributed by atoms with Crippen molar-refractivity contribution in [3.8, 4) is 5.69 Å². The average molecular weight is 379 g/mol. The maximum Gasteiger partial charge on any atom is 0.348 e. The van der Waals surface area contributed by atoms with E-state index in [0.717, 1.165) is 0 Å². The second-order valence-corrected chi connectivity index (χ2v) is 6.46. The van der Waals surface area contributed by atoms with Crippen LogP contribution in [0.5, 0.6) is 0 Å². The van der Waals surface area contributed by atoms with Crippen LogP contribution in [0.15, 0.2) is 52.8 Å². The number of rotatable bonds is 6. The van der Waals surface area contributed by atoms with Crippen LogP contribution >= 0.6 is 0 Å². The molecule has 0 saturated heterocycles. The Hall–Kier alpha value is -3.32. The molecule has 0 amide bonds. The number of nitro groups is 1. The summed E-state index contributed by atoms with van der Waals surface area (Å²) >= 11 is 0. The number of hydroxylamine groups is 2. The molecule has 0 radical (unpaired) electrons. The van der Waals surface area contributed by atoms with Gasteiger partial charge in [-0.3, -0.25) is 9.83 Å². The van der Waals surface area contributed by atoms with Gasteiger partial charge in [0.25, 0.3) is 5.16 Å². The number of hydrogen-bond donors (Lipinski definition) is 1. The molecule has 2 aromatic rings. The summed E-state index contributed by atoms with van der Waals surface area (Å²) in [6, 6.07) is 8.57. The standard InChI is InChI=1S/C13H13N7O5S/c1-25-18-9-5-8-14-11(18)12-15-13(26(23,24)17-20(21)22)16-19(12)10-6-3-2-4-7-10/h2-9,11,17H,1H3. The number of nitrogens with zero attached hydrogens (tertiary/aromatic N) is 6. The minimum atomic E-state index is -4.55. The molecule has 136 valence electrons. The maximum absolute atomic E-state index is 12.1. The van der Waals surface area contributed by atoms with E-state index in [1.807, 2.05) is 0 Å². The lowest BCUT2D eigenvalue weighted by molar-refractivity contribution is -0.518. The number of aliphatic imine (C=N–C) groups is 1. The molecule has 12 nitrogen and oxygen atoms in total. The highest BCUT2D eigenvalue weighted by Crippen LogP contribution is 2.26. The minimum absolute atomic E-state index is 0.0994. The van der Waals surface area contributed by atoms with Crippen molar-refractivity contribution in [1.82, 2.24) is 24.7 Å². The molecular formula is C13H13N7O5S. The average Bonchev–Trinajstić information content (AvgIpc) is 3.07.